The van der Waals surface area contributed by atoms with Crippen molar-refractivity contribution in [2.45, 2.75) is 0 Å². The van der Waals surface area contributed by atoms with Gasteiger partial charge >= 0.3 is 6.03 Å². The van der Waals surface area contributed by atoms with Crippen molar-refractivity contribution in [1.29, 1.82) is 0 Å². The molecule has 1 aliphatic heterocycles. The average molecular weight is 305 g/mol. The molecule has 21 heavy (non-hydrogen) atoms. The maximum Gasteiger partial charge on any atom is 0.336 e. The molecule has 3 rings (SSSR count). The zero-order valence-electron chi connectivity index (χ0n) is 10.8. The number of urea groups is 1. The predicted octanol–water partition coefficient (Wildman–Crippen LogP) is 3.45. The number of amides is 3. The van der Waals surface area contributed by atoms with Gasteiger partial charge in [0.05, 0.1) is 5.69 Å². The van der Waals surface area contributed by atoms with Crippen molar-refractivity contribution in [2.24, 2.45) is 0 Å². The number of hydrogen-bond donors (Lipinski definition) is 0. The topological polar surface area (TPSA) is 40.6 Å². The van der Waals surface area contributed by atoms with Gasteiger partial charge in [0.1, 0.15) is 12.4 Å². The number of nitrogens with zero attached hydrogens (tertiary/aromatic N) is 2. The van der Waals surface area contributed by atoms with Crippen molar-refractivity contribution in [3.8, 4) is 0 Å². The molecule has 4 nitrogen and oxygen atoms in total. The van der Waals surface area contributed by atoms with Crippen LogP contribution in [0.4, 0.5) is 20.6 Å². The summed E-state index contributed by atoms with van der Waals surface area (Å²) in [7, 11) is 0. The Kier molecular flexibility index (Phi) is 3.35. The van der Waals surface area contributed by atoms with Crippen molar-refractivity contribution in [3.63, 3.8) is 0 Å². The van der Waals surface area contributed by atoms with Crippen LogP contribution in [0.3, 0.4) is 0 Å². The minimum Gasteiger partial charge on any atom is -0.284 e. The number of carbonyl (C=O) groups is 2. The molecule has 0 unspecified atom stereocenters. The van der Waals surface area contributed by atoms with E-state index in [4.69, 9.17) is 11.6 Å². The second-order valence-electron chi connectivity index (χ2n) is 4.55. The van der Waals surface area contributed by atoms with Crippen LogP contribution in [-0.2, 0) is 4.79 Å². The number of carbonyl (C=O) groups excluding carboxylic acids is 2. The van der Waals surface area contributed by atoms with E-state index >= 15 is 0 Å². The lowest BCUT2D eigenvalue weighted by Gasteiger charge is -2.17. The number of halogens is 2. The predicted molar refractivity (Wildman–Crippen MR) is 78.1 cm³/mol. The zero-order valence-corrected chi connectivity index (χ0v) is 11.5. The molecule has 1 heterocycles. The molecule has 0 spiro atoms. The van der Waals surface area contributed by atoms with Crippen LogP contribution in [0.2, 0.25) is 5.02 Å². The first kappa shape index (κ1) is 13.6. The van der Waals surface area contributed by atoms with Crippen LogP contribution in [0.1, 0.15) is 0 Å². The minimum absolute atomic E-state index is 0.0577. The van der Waals surface area contributed by atoms with E-state index in [1.54, 1.807) is 24.3 Å². The summed E-state index contributed by atoms with van der Waals surface area (Å²) >= 11 is 5.81. The molecule has 1 saturated heterocycles. The van der Waals surface area contributed by atoms with Crippen LogP contribution in [0.5, 0.6) is 0 Å². The Balaban J connectivity index is 1.92. The summed E-state index contributed by atoms with van der Waals surface area (Å²) in [4.78, 5) is 26.8. The molecule has 0 aliphatic carbocycles. The Labute approximate surface area is 125 Å². The third kappa shape index (κ3) is 2.48. The fourth-order valence-electron chi connectivity index (χ4n) is 2.17. The summed E-state index contributed by atoms with van der Waals surface area (Å²) in [6.07, 6.45) is 0. The first-order chi connectivity index (χ1) is 10.1. The molecule has 3 amide bonds. The van der Waals surface area contributed by atoms with Gasteiger partial charge < -0.3 is 0 Å². The van der Waals surface area contributed by atoms with Gasteiger partial charge in [-0.3, -0.25) is 9.69 Å². The summed E-state index contributed by atoms with van der Waals surface area (Å²) in [6.45, 7) is -0.0577. The second-order valence-corrected chi connectivity index (χ2v) is 4.99. The third-order valence-corrected chi connectivity index (χ3v) is 3.44. The molecule has 1 fully saturated rings. The molecular formula is C15H10ClFN2O2. The van der Waals surface area contributed by atoms with Gasteiger partial charge in [-0.1, -0.05) is 11.6 Å². The summed E-state index contributed by atoms with van der Waals surface area (Å²) in [5.74, 6) is -0.783. The standard InChI is InChI=1S/C15H10ClFN2O2/c16-10-1-5-12(6-2-10)18-9-14(20)19(15(18)21)13-7-3-11(17)4-8-13/h1-8H,9H2. The molecule has 0 saturated carbocycles. The van der Waals surface area contributed by atoms with Crippen LogP contribution >= 0.6 is 11.6 Å². The van der Waals surface area contributed by atoms with Gasteiger partial charge in [0.15, 0.2) is 0 Å². The van der Waals surface area contributed by atoms with E-state index in [-0.39, 0.29) is 12.5 Å². The minimum atomic E-state index is -0.464. The SMILES string of the molecule is O=C1CN(c2ccc(Cl)cc2)C(=O)N1c1ccc(F)cc1. The highest BCUT2D eigenvalue weighted by Gasteiger charge is 2.37. The van der Waals surface area contributed by atoms with Crippen molar-refractivity contribution in [1.82, 2.24) is 0 Å². The van der Waals surface area contributed by atoms with Crippen molar-refractivity contribution in [3.05, 3.63) is 59.4 Å². The molecular weight excluding hydrogens is 295 g/mol. The van der Waals surface area contributed by atoms with Gasteiger partial charge in [-0.2, -0.15) is 0 Å². The molecule has 0 bridgehead atoms. The van der Waals surface area contributed by atoms with E-state index in [1.807, 2.05) is 0 Å². The van der Waals surface area contributed by atoms with Crippen LogP contribution in [0.15, 0.2) is 48.5 Å². The zero-order chi connectivity index (χ0) is 15.0. The highest BCUT2D eigenvalue weighted by atomic mass is 35.5. The highest BCUT2D eigenvalue weighted by molar-refractivity contribution is 6.31. The maximum atomic E-state index is 12.9. The molecule has 2 aromatic carbocycles. The van der Waals surface area contributed by atoms with E-state index in [9.17, 15) is 14.0 Å². The molecule has 0 radical (unpaired) electrons. The molecule has 106 valence electrons. The van der Waals surface area contributed by atoms with Crippen LogP contribution in [0, 0.1) is 5.82 Å². The average Bonchev–Trinajstić information content (AvgIpc) is 2.76. The van der Waals surface area contributed by atoms with Gasteiger partial charge in [0.25, 0.3) is 5.91 Å². The number of imide groups is 1. The summed E-state index contributed by atoms with van der Waals surface area (Å²) in [5.41, 5.74) is 0.935. The number of benzene rings is 2. The van der Waals surface area contributed by atoms with E-state index < -0.39 is 11.8 Å². The second kappa shape index (κ2) is 5.18. The molecule has 0 aromatic heterocycles. The van der Waals surface area contributed by atoms with Crippen LogP contribution in [-0.4, -0.2) is 18.5 Å². The first-order valence-electron chi connectivity index (χ1n) is 6.22. The Hall–Kier alpha value is -2.40. The fourth-order valence-corrected chi connectivity index (χ4v) is 2.29. The largest absolute Gasteiger partial charge is 0.336 e. The van der Waals surface area contributed by atoms with Crippen molar-refractivity contribution < 1.29 is 14.0 Å². The lowest BCUT2D eigenvalue weighted by atomic mass is 10.3. The first-order valence-corrected chi connectivity index (χ1v) is 6.59. The van der Waals surface area contributed by atoms with Gasteiger partial charge in [0.2, 0.25) is 0 Å². The molecule has 0 atom stereocenters. The number of anilines is 2. The van der Waals surface area contributed by atoms with Crippen LogP contribution in [0.25, 0.3) is 0 Å². The number of rotatable bonds is 2. The van der Waals surface area contributed by atoms with Crippen molar-refractivity contribution >= 4 is 34.9 Å². The quantitative estimate of drug-likeness (QED) is 0.797. The van der Waals surface area contributed by atoms with Gasteiger partial charge in [0, 0.05) is 10.7 Å². The fraction of sp³-hybridized carbons (Fsp3) is 0.0667. The van der Waals surface area contributed by atoms with E-state index in [0.717, 1.165) is 4.90 Å². The Bertz CT molecular complexity index is 701. The third-order valence-electron chi connectivity index (χ3n) is 3.19. The van der Waals surface area contributed by atoms with E-state index in [0.29, 0.717) is 16.4 Å². The van der Waals surface area contributed by atoms with E-state index in [2.05, 4.69) is 0 Å². The highest BCUT2D eigenvalue weighted by Crippen LogP contribution is 2.26. The lowest BCUT2D eigenvalue weighted by molar-refractivity contribution is -0.115. The van der Waals surface area contributed by atoms with Crippen molar-refractivity contribution in [2.75, 3.05) is 16.3 Å². The summed E-state index contributed by atoms with van der Waals surface area (Å²) < 4.78 is 12.9. The summed E-state index contributed by atoms with van der Waals surface area (Å²) in [5, 5.41) is 0.548. The van der Waals surface area contributed by atoms with Gasteiger partial charge in [-0.05, 0) is 48.5 Å². The smallest absolute Gasteiger partial charge is 0.284 e. The molecule has 1 aliphatic rings. The lowest BCUT2D eigenvalue weighted by Crippen LogP contribution is -2.32. The molecule has 2 aromatic rings. The van der Waals surface area contributed by atoms with Gasteiger partial charge in [-0.25, -0.2) is 14.1 Å². The van der Waals surface area contributed by atoms with E-state index in [1.165, 1.54) is 29.2 Å². The van der Waals surface area contributed by atoms with Crippen LogP contribution < -0.4 is 9.80 Å². The molecule has 6 heteroatoms. The Morgan fingerprint density at radius 2 is 1.48 bits per heavy atom. The number of hydrogen-bond acceptors (Lipinski definition) is 2. The summed E-state index contributed by atoms with van der Waals surface area (Å²) in [6, 6.07) is 11.4. The maximum absolute atomic E-state index is 12.9. The Morgan fingerprint density at radius 1 is 0.905 bits per heavy atom. The van der Waals surface area contributed by atoms with Gasteiger partial charge in [-0.15, -0.1) is 0 Å². The molecule has 0 N–H and O–H groups in total. The monoisotopic (exact) mass is 304 g/mol. The Morgan fingerprint density at radius 3 is 2.10 bits per heavy atom. The normalized spacial score (nSPS) is 15.0.